The number of nitrogens with one attached hydrogen (secondary N) is 1. The summed E-state index contributed by atoms with van der Waals surface area (Å²) in [5.41, 5.74) is 3.16. The van der Waals surface area contributed by atoms with Gasteiger partial charge in [0.1, 0.15) is 0 Å². The first-order valence-corrected chi connectivity index (χ1v) is 6.41. The average Bonchev–Trinajstić information content (AvgIpc) is 2.68. The molecule has 1 aromatic heterocycles. The Hall–Kier alpha value is -1.03. The van der Waals surface area contributed by atoms with Crippen molar-refractivity contribution in [2.24, 2.45) is 7.05 Å². The Morgan fingerprint density at radius 1 is 1.28 bits per heavy atom. The van der Waals surface area contributed by atoms with Gasteiger partial charge in [0.15, 0.2) is 0 Å². The highest BCUT2D eigenvalue weighted by atomic mass is 35.5. The zero-order valence-electron chi connectivity index (χ0n) is 10.5. The molecule has 0 bridgehead atoms. The van der Waals surface area contributed by atoms with Crippen molar-refractivity contribution in [2.45, 2.75) is 13.0 Å². The van der Waals surface area contributed by atoms with Crippen molar-refractivity contribution in [1.29, 1.82) is 0 Å². The second-order valence-corrected chi connectivity index (χ2v) is 4.96. The van der Waals surface area contributed by atoms with Crippen LogP contribution in [-0.2, 0) is 7.05 Å². The third-order valence-electron chi connectivity index (χ3n) is 3.17. The number of aryl methyl sites for hydroxylation is 1. The molecule has 0 amide bonds. The van der Waals surface area contributed by atoms with Gasteiger partial charge in [-0.15, -0.1) is 0 Å². The summed E-state index contributed by atoms with van der Waals surface area (Å²) in [7, 11) is 3.82. The van der Waals surface area contributed by atoms with Gasteiger partial charge in [0.2, 0.25) is 0 Å². The fourth-order valence-electron chi connectivity index (χ4n) is 2.02. The number of hydrogen-bond acceptors (Lipinski definition) is 2. The predicted octanol–water partition coefficient (Wildman–Crippen LogP) is 3.34. The lowest BCUT2D eigenvalue weighted by atomic mass is 9.99. The molecule has 0 aliphatic rings. The lowest BCUT2D eigenvalue weighted by molar-refractivity contribution is 0.679. The first-order valence-electron chi connectivity index (χ1n) is 5.66. The van der Waals surface area contributed by atoms with E-state index < -0.39 is 0 Å². The van der Waals surface area contributed by atoms with Crippen LogP contribution in [0, 0.1) is 6.92 Å². The molecule has 5 heteroatoms. The summed E-state index contributed by atoms with van der Waals surface area (Å²) in [4.78, 5) is 0. The van der Waals surface area contributed by atoms with Gasteiger partial charge in [-0.05, 0) is 25.6 Å². The lowest BCUT2D eigenvalue weighted by Crippen LogP contribution is -2.18. The Kier molecular flexibility index (Phi) is 3.95. The standard InChI is InChI=1S/C13H15Cl2N3/c1-8-10(7-17-18(8)3)13(16-2)9-5-4-6-11(14)12(9)15/h4-7,13,16H,1-3H3. The van der Waals surface area contributed by atoms with Crippen molar-refractivity contribution in [3.63, 3.8) is 0 Å². The summed E-state index contributed by atoms with van der Waals surface area (Å²) in [5.74, 6) is 0. The Morgan fingerprint density at radius 3 is 2.56 bits per heavy atom. The van der Waals surface area contributed by atoms with Gasteiger partial charge in [-0.25, -0.2) is 0 Å². The summed E-state index contributed by atoms with van der Waals surface area (Å²) >= 11 is 12.3. The number of rotatable bonds is 3. The fraction of sp³-hybridized carbons (Fsp3) is 0.308. The molecule has 1 aromatic carbocycles. The molecule has 1 N–H and O–H groups in total. The predicted molar refractivity (Wildman–Crippen MR) is 75.3 cm³/mol. The van der Waals surface area contributed by atoms with Gasteiger partial charge in [-0.2, -0.15) is 5.10 Å². The number of benzene rings is 1. The van der Waals surface area contributed by atoms with Crippen LogP contribution in [0.5, 0.6) is 0 Å². The Morgan fingerprint density at radius 2 is 2.00 bits per heavy atom. The van der Waals surface area contributed by atoms with E-state index in [1.807, 2.05) is 44.0 Å². The Balaban J connectivity index is 2.52. The van der Waals surface area contributed by atoms with Gasteiger partial charge in [0, 0.05) is 18.3 Å². The van der Waals surface area contributed by atoms with E-state index in [1.165, 1.54) is 0 Å². The zero-order valence-corrected chi connectivity index (χ0v) is 12.0. The maximum atomic E-state index is 6.28. The van der Waals surface area contributed by atoms with Crippen LogP contribution in [0.25, 0.3) is 0 Å². The van der Waals surface area contributed by atoms with Crippen molar-refractivity contribution in [3.05, 3.63) is 51.3 Å². The van der Waals surface area contributed by atoms with E-state index in [-0.39, 0.29) is 6.04 Å². The van der Waals surface area contributed by atoms with Gasteiger partial charge in [0.05, 0.1) is 22.3 Å². The van der Waals surface area contributed by atoms with Crippen LogP contribution >= 0.6 is 23.2 Å². The van der Waals surface area contributed by atoms with E-state index in [1.54, 1.807) is 6.07 Å². The number of nitrogens with zero attached hydrogens (tertiary/aromatic N) is 2. The van der Waals surface area contributed by atoms with Gasteiger partial charge in [-0.3, -0.25) is 4.68 Å². The largest absolute Gasteiger partial charge is 0.309 e. The minimum absolute atomic E-state index is 0.00935. The molecule has 1 unspecified atom stereocenters. The minimum atomic E-state index is -0.00935. The van der Waals surface area contributed by atoms with Crippen molar-refractivity contribution in [2.75, 3.05) is 7.05 Å². The summed E-state index contributed by atoms with van der Waals surface area (Å²) in [6, 6.07) is 5.65. The van der Waals surface area contributed by atoms with Crippen molar-refractivity contribution >= 4 is 23.2 Å². The second kappa shape index (κ2) is 5.31. The normalized spacial score (nSPS) is 12.7. The van der Waals surface area contributed by atoms with Crippen LogP contribution < -0.4 is 5.32 Å². The van der Waals surface area contributed by atoms with Crippen LogP contribution in [0.4, 0.5) is 0 Å². The first-order chi connectivity index (χ1) is 8.56. The van der Waals surface area contributed by atoms with Gasteiger partial charge in [-0.1, -0.05) is 35.3 Å². The molecular weight excluding hydrogens is 269 g/mol. The molecule has 3 nitrogen and oxygen atoms in total. The summed E-state index contributed by atoms with van der Waals surface area (Å²) in [5, 5.41) is 8.67. The highest BCUT2D eigenvalue weighted by Gasteiger charge is 2.20. The number of hydrogen-bond donors (Lipinski definition) is 1. The number of halogens is 2. The molecule has 1 atom stereocenters. The maximum Gasteiger partial charge on any atom is 0.0643 e. The summed E-state index contributed by atoms with van der Waals surface area (Å²) < 4.78 is 1.85. The molecule has 0 radical (unpaired) electrons. The maximum absolute atomic E-state index is 6.28. The second-order valence-electron chi connectivity index (χ2n) is 4.17. The van der Waals surface area contributed by atoms with Crippen LogP contribution in [-0.4, -0.2) is 16.8 Å². The molecule has 1 heterocycles. The molecule has 0 saturated carbocycles. The fourth-order valence-corrected chi connectivity index (χ4v) is 2.44. The third kappa shape index (κ3) is 2.26. The topological polar surface area (TPSA) is 29.9 Å². The van der Waals surface area contributed by atoms with Crippen molar-refractivity contribution in [3.8, 4) is 0 Å². The van der Waals surface area contributed by atoms with Crippen molar-refractivity contribution < 1.29 is 0 Å². The van der Waals surface area contributed by atoms with Gasteiger partial charge < -0.3 is 5.32 Å². The molecule has 0 spiro atoms. The highest BCUT2D eigenvalue weighted by Crippen LogP contribution is 2.33. The monoisotopic (exact) mass is 283 g/mol. The molecule has 0 saturated heterocycles. The lowest BCUT2D eigenvalue weighted by Gasteiger charge is -2.18. The minimum Gasteiger partial charge on any atom is -0.309 e. The van der Waals surface area contributed by atoms with Crippen LogP contribution in [0.15, 0.2) is 24.4 Å². The molecular formula is C13H15Cl2N3. The average molecular weight is 284 g/mol. The third-order valence-corrected chi connectivity index (χ3v) is 4.00. The highest BCUT2D eigenvalue weighted by molar-refractivity contribution is 6.42. The first kappa shape index (κ1) is 13.4. The van der Waals surface area contributed by atoms with E-state index in [2.05, 4.69) is 10.4 Å². The van der Waals surface area contributed by atoms with Crippen LogP contribution in [0.2, 0.25) is 10.0 Å². The smallest absolute Gasteiger partial charge is 0.0643 e. The van der Waals surface area contributed by atoms with Crippen molar-refractivity contribution in [1.82, 2.24) is 15.1 Å². The molecule has 2 rings (SSSR count). The van der Waals surface area contributed by atoms with E-state index >= 15 is 0 Å². The quantitative estimate of drug-likeness (QED) is 0.936. The van der Waals surface area contributed by atoms with E-state index in [9.17, 15) is 0 Å². The van der Waals surface area contributed by atoms with Gasteiger partial charge in [0.25, 0.3) is 0 Å². The van der Waals surface area contributed by atoms with Gasteiger partial charge >= 0.3 is 0 Å². The molecule has 2 aromatic rings. The van der Waals surface area contributed by atoms with E-state index in [0.717, 1.165) is 16.8 Å². The van der Waals surface area contributed by atoms with E-state index in [0.29, 0.717) is 10.0 Å². The summed E-state index contributed by atoms with van der Waals surface area (Å²) in [6.45, 7) is 2.03. The molecule has 18 heavy (non-hydrogen) atoms. The SMILES string of the molecule is CNC(c1cccc(Cl)c1Cl)c1cnn(C)c1C. The Labute approximate surface area is 117 Å². The molecule has 96 valence electrons. The van der Waals surface area contributed by atoms with E-state index in [4.69, 9.17) is 23.2 Å². The number of aromatic nitrogens is 2. The van der Waals surface area contributed by atoms with Crippen LogP contribution in [0.3, 0.4) is 0 Å². The zero-order chi connectivity index (χ0) is 13.3. The van der Waals surface area contributed by atoms with Crippen LogP contribution in [0.1, 0.15) is 22.9 Å². The molecule has 0 aliphatic heterocycles. The summed E-state index contributed by atoms with van der Waals surface area (Å²) in [6.07, 6.45) is 1.85. The Bertz CT molecular complexity index is 563. The molecule has 0 fully saturated rings. The molecule has 0 aliphatic carbocycles.